The van der Waals surface area contributed by atoms with Crippen molar-refractivity contribution in [2.75, 3.05) is 11.9 Å². The van der Waals surface area contributed by atoms with Gasteiger partial charge in [0.05, 0.1) is 5.69 Å². The molecular weight excluding hydrogens is 236 g/mol. The maximum absolute atomic E-state index is 3.82. The van der Waals surface area contributed by atoms with Crippen LogP contribution in [-0.4, -0.2) is 21.3 Å². The smallest absolute Gasteiger partial charge is 0.123 e. The molecule has 0 fully saturated rings. The van der Waals surface area contributed by atoms with Gasteiger partial charge in [0.1, 0.15) is 12.7 Å². The summed E-state index contributed by atoms with van der Waals surface area (Å²) in [5, 5.41) is 11.1. The molecule has 0 aliphatic heterocycles. The van der Waals surface area contributed by atoms with Gasteiger partial charge in [-0.05, 0) is 24.6 Å². The van der Waals surface area contributed by atoms with Crippen LogP contribution in [0.1, 0.15) is 39.0 Å². The van der Waals surface area contributed by atoms with Gasteiger partial charge in [-0.25, -0.2) is 0 Å². The Kier molecular flexibility index (Phi) is 5.41. The van der Waals surface area contributed by atoms with E-state index in [1.165, 1.54) is 32.1 Å². The quantitative estimate of drug-likeness (QED) is 0.735. The van der Waals surface area contributed by atoms with Crippen molar-refractivity contribution in [2.24, 2.45) is 0 Å². The van der Waals surface area contributed by atoms with Crippen molar-refractivity contribution in [1.82, 2.24) is 14.8 Å². The number of nitrogens with one attached hydrogen (secondary N) is 1. The van der Waals surface area contributed by atoms with Gasteiger partial charge in [-0.3, -0.25) is 4.57 Å². The van der Waals surface area contributed by atoms with Gasteiger partial charge in [-0.1, -0.05) is 38.7 Å². The van der Waals surface area contributed by atoms with Crippen LogP contribution >= 0.6 is 0 Å². The van der Waals surface area contributed by atoms with Crippen molar-refractivity contribution in [2.45, 2.75) is 39.0 Å². The van der Waals surface area contributed by atoms with Gasteiger partial charge in [0.2, 0.25) is 0 Å². The molecule has 19 heavy (non-hydrogen) atoms. The first-order valence-corrected chi connectivity index (χ1v) is 7.09. The summed E-state index contributed by atoms with van der Waals surface area (Å²) in [7, 11) is 0. The predicted octanol–water partition coefficient (Wildman–Crippen LogP) is 3.65. The molecule has 1 aromatic carbocycles. The zero-order valence-electron chi connectivity index (χ0n) is 11.5. The van der Waals surface area contributed by atoms with E-state index in [9.17, 15) is 0 Å². The molecule has 0 spiro atoms. The van der Waals surface area contributed by atoms with Gasteiger partial charge in [-0.2, -0.15) is 0 Å². The molecule has 1 N–H and O–H groups in total. The van der Waals surface area contributed by atoms with Crippen LogP contribution in [0.4, 0.5) is 5.69 Å². The molecule has 1 aromatic heterocycles. The molecule has 0 saturated carbocycles. The molecule has 0 saturated heterocycles. The fraction of sp³-hybridized carbons (Fsp3) is 0.467. The van der Waals surface area contributed by atoms with E-state index in [0.29, 0.717) is 0 Å². The van der Waals surface area contributed by atoms with Gasteiger partial charge in [0.15, 0.2) is 0 Å². The van der Waals surface area contributed by atoms with Gasteiger partial charge >= 0.3 is 0 Å². The largest absolute Gasteiger partial charge is 0.385 e. The standard InChI is InChI=1S/C15H22N4/c1-2-3-4-5-6-10-16-14-8-7-9-15(11-14)19-12-17-18-13-19/h7-9,11-13,16H,2-6,10H2,1H3. The summed E-state index contributed by atoms with van der Waals surface area (Å²) in [6.07, 6.45) is 9.97. The second-order valence-electron chi connectivity index (χ2n) is 4.76. The fourth-order valence-electron chi connectivity index (χ4n) is 2.07. The van der Waals surface area contributed by atoms with Crippen molar-refractivity contribution in [1.29, 1.82) is 0 Å². The van der Waals surface area contributed by atoms with Crippen molar-refractivity contribution >= 4 is 5.69 Å². The third-order valence-electron chi connectivity index (χ3n) is 3.17. The normalized spacial score (nSPS) is 10.6. The lowest BCUT2D eigenvalue weighted by molar-refractivity contribution is 0.645. The zero-order valence-corrected chi connectivity index (χ0v) is 11.5. The van der Waals surface area contributed by atoms with E-state index in [1.807, 2.05) is 4.57 Å². The zero-order chi connectivity index (χ0) is 13.3. The van der Waals surface area contributed by atoms with Gasteiger partial charge < -0.3 is 5.32 Å². The van der Waals surface area contributed by atoms with Crippen LogP contribution in [0.2, 0.25) is 0 Å². The van der Waals surface area contributed by atoms with E-state index in [0.717, 1.165) is 17.9 Å². The van der Waals surface area contributed by atoms with Gasteiger partial charge in [-0.15, -0.1) is 10.2 Å². The minimum Gasteiger partial charge on any atom is -0.385 e. The van der Waals surface area contributed by atoms with Crippen LogP contribution in [0.3, 0.4) is 0 Å². The van der Waals surface area contributed by atoms with E-state index in [1.54, 1.807) is 12.7 Å². The summed E-state index contributed by atoms with van der Waals surface area (Å²) in [6.45, 7) is 3.28. The lowest BCUT2D eigenvalue weighted by atomic mass is 10.1. The minimum atomic E-state index is 1.04. The molecule has 0 aliphatic carbocycles. The molecule has 2 rings (SSSR count). The number of unbranched alkanes of at least 4 members (excludes halogenated alkanes) is 4. The molecule has 1 heterocycles. The van der Waals surface area contributed by atoms with Crippen LogP contribution < -0.4 is 5.32 Å². The van der Waals surface area contributed by atoms with Crippen molar-refractivity contribution in [3.63, 3.8) is 0 Å². The summed E-state index contributed by atoms with van der Waals surface area (Å²) in [5.41, 5.74) is 2.24. The summed E-state index contributed by atoms with van der Waals surface area (Å²) in [4.78, 5) is 0. The molecule has 0 atom stereocenters. The van der Waals surface area contributed by atoms with E-state index in [2.05, 4.69) is 46.7 Å². The highest BCUT2D eigenvalue weighted by atomic mass is 15.2. The molecule has 4 nitrogen and oxygen atoms in total. The Balaban J connectivity index is 1.79. The first-order chi connectivity index (χ1) is 9.40. The molecular formula is C15H22N4. The number of nitrogens with zero attached hydrogens (tertiary/aromatic N) is 3. The average molecular weight is 258 g/mol. The van der Waals surface area contributed by atoms with E-state index >= 15 is 0 Å². The number of hydrogen-bond acceptors (Lipinski definition) is 3. The molecule has 4 heteroatoms. The summed E-state index contributed by atoms with van der Waals surface area (Å²) in [5.74, 6) is 0. The molecule has 0 bridgehead atoms. The number of rotatable bonds is 8. The number of hydrogen-bond donors (Lipinski definition) is 1. The molecule has 0 amide bonds. The van der Waals surface area contributed by atoms with E-state index < -0.39 is 0 Å². The number of anilines is 1. The Morgan fingerprint density at radius 1 is 1.05 bits per heavy atom. The lowest BCUT2D eigenvalue weighted by Gasteiger charge is -2.08. The molecule has 0 unspecified atom stereocenters. The molecule has 0 radical (unpaired) electrons. The fourth-order valence-corrected chi connectivity index (χ4v) is 2.07. The van der Waals surface area contributed by atoms with Crippen LogP contribution in [0.5, 0.6) is 0 Å². The Labute approximate surface area is 114 Å². The maximum Gasteiger partial charge on any atom is 0.123 e. The highest BCUT2D eigenvalue weighted by Crippen LogP contribution is 2.14. The van der Waals surface area contributed by atoms with Gasteiger partial charge in [0.25, 0.3) is 0 Å². The third kappa shape index (κ3) is 4.39. The molecule has 102 valence electrons. The molecule has 0 aliphatic rings. The summed E-state index contributed by atoms with van der Waals surface area (Å²) in [6, 6.07) is 8.32. The van der Waals surface area contributed by atoms with E-state index in [4.69, 9.17) is 0 Å². The molecule has 2 aromatic rings. The van der Waals surface area contributed by atoms with Crippen molar-refractivity contribution < 1.29 is 0 Å². The Morgan fingerprint density at radius 2 is 1.84 bits per heavy atom. The monoisotopic (exact) mass is 258 g/mol. The first-order valence-electron chi connectivity index (χ1n) is 7.09. The van der Waals surface area contributed by atoms with Crippen molar-refractivity contribution in [3.05, 3.63) is 36.9 Å². The Hall–Kier alpha value is -1.84. The Morgan fingerprint density at radius 3 is 2.63 bits per heavy atom. The number of aromatic nitrogens is 3. The Bertz CT molecular complexity index is 465. The predicted molar refractivity (Wildman–Crippen MR) is 78.6 cm³/mol. The number of benzene rings is 1. The van der Waals surface area contributed by atoms with Crippen LogP contribution in [-0.2, 0) is 0 Å². The second-order valence-corrected chi connectivity index (χ2v) is 4.76. The first kappa shape index (κ1) is 13.6. The average Bonchev–Trinajstić information content (AvgIpc) is 2.97. The lowest BCUT2D eigenvalue weighted by Crippen LogP contribution is -2.02. The van der Waals surface area contributed by atoms with Crippen LogP contribution in [0, 0.1) is 0 Å². The van der Waals surface area contributed by atoms with Crippen LogP contribution in [0.25, 0.3) is 5.69 Å². The van der Waals surface area contributed by atoms with E-state index in [-0.39, 0.29) is 0 Å². The van der Waals surface area contributed by atoms with Gasteiger partial charge in [0, 0.05) is 12.2 Å². The maximum atomic E-state index is 3.82. The van der Waals surface area contributed by atoms with Crippen molar-refractivity contribution in [3.8, 4) is 5.69 Å². The third-order valence-corrected chi connectivity index (χ3v) is 3.17. The summed E-state index contributed by atoms with van der Waals surface area (Å²) < 4.78 is 1.91. The van der Waals surface area contributed by atoms with Crippen LogP contribution in [0.15, 0.2) is 36.9 Å². The topological polar surface area (TPSA) is 42.7 Å². The highest BCUT2D eigenvalue weighted by Gasteiger charge is 1.98. The minimum absolute atomic E-state index is 1.04. The SMILES string of the molecule is CCCCCCCNc1cccc(-n2cnnc2)c1. The summed E-state index contributed by atoms with van der Waals surface area (Å²) >= 11 is 0. The highest BCUT2D eigenvalue weighted by molar-refractivity contribution is 5.50. The second kappa shape index (κ2) is 7.56.